The molecule has 0 N–H and O–H groups in total. The maximum absolute atomic E-state index is 2.67. The number of benzene rings is 9. The van der Waals surface area contributed by atoms with E-state index >= 15 is 0 Å². The van der Waals surface area contributed by atoms with E-state index in [-0.39, 0.29) is 17.5 Å². The first-order chi connectivity index (χ1) is 35.3. The molecule has 9 aromatic carbocycles. The third-order valence-electron chi connectivity index (χ3n) is 16.5. The van der Waals surface area contributed by atoms with Crippen LogP contribution in [0.3, 0.4) is 0 Å². The van der Waals surface area contributed by atoms with Gasteiger partial charge >= 0.3 is 0 Å². The Kier molecular flexibility index (Phi) is 9.46. The smallest absolute Gasteiger partial charge is 0.264 e. The van der Waals surface area contributed by atoms with Crippen LogP contribution in [0.25, 0.3) is 44.5 Å². The minimum atomic E-state index is -0.470. The van der Waals surface area contributed by atoms with Crippen LogP contribution in [0.1, 0.15) is 85.4 Å². The normalized spacial score (nSPS) is 14.3. The lowest BCUT2D eigenvalue weighted by atomic mass is 9.36. The van der Waals surface area contributed by atoms with Crippen LogP contribution < -0.4 is 25.5 Å². The van der Waals surface area contributed by atoms with Gasteiger partial charge in [0.05, 0.1) is 11.1 Å². The van der Waals surface area contributed by atoms with Gasteiger partial charge in [0.15, 0.2) is 0 Å². The number of thiophene rings is 1. The Labute approximate surface area is 435 Å². The lowest BCUT2D eigenvalue weighted by Gasteiger charge is -2.44. The highest BCUT2D eigenvalue weighted by atomic mass is 32.1. The van der Waals surface area contributed by atoms with Gasteiger partial charge in [-0.3, -0.25) is 0 Å². The zero-order valence-electron chi connectivity index (χ0n) is 42.9. The van der Waals surface area contributed by atoms with Crippen molar-refractivity contribution >= 4 is 67.9 Å². The SMILES string of the molecule is Cc1cc2c3c(c1)N(c1ccc(C(C)(C)C)cc1)c1c(sc4c1-c1ccc(C)cc1C41c4ccccc4-c4ccccc41)B3c1ccc(-c3ccccc3-c3ccccc3)cc1N2c1ccc(C(C)(C)C)cc1. The van der Waals surface area contributed by atoms with Crippen molar-refractivity contribution < 1.29 is 0 Å². The van der Waals surface area contributed by atoms with Gasteiger partial charge in [-0.25, -0.2) is 0 Å². The predicted octanol–water partition coefficient (Wildman–Crippen LogP) is 16.7. The minimum absolute atomic E-state index is 0.0163. The molecule has 0 bridgehead atoms. The summed E-state index contributed by atoms with van der Waals surface area (Å²) in [6.07, 6.45) is 0. The third kappa shape index (κ3) is 6.29. The molecule has 0 fully saturated rings. The Bertz CT molecular complexity index is 3860. The fourth-order valence-electron chi connectivity index (χ4n) is 13.1. The average molecular weight is 957 g/mol. The second kappa shape index (κ2) is 15.7. The van der Waals surface area contributed by atoms with Crippen LogP contribution in [0.15, 0.2) is 200 Å². The zero-order valence-corrected chi connectivity index (χ0v) is 43.7. The number of rotatable bonds is 4. The molecule has 0 unspecified atom stereocenters. The fourth-order valence-corrected chi connectivity index (χ4v) is 14.7. The summed E-state index contributed by atoms with van der Waals surface area (Å²) < 4.78 is 1.40. The van der Waals surface area contributed by atoms with Crippen molar-refractivity contribution in [3.8, 4) is 44.5 Å². The lowest BCUT2D eigenvalue weighted by molar-refractivity contribution is 0.590. The molecular weight excluding hydrogens is 900 g/mol. The van der Waals surface area contributed by atoms with Crippen molar-refractivity contribution in [2.24, 2.45) is 0 Å². The number of anilines is 6. The van der Waals surface area contributed by atoms with Gasteiger partial charge in [0.2, 0.25) is 0 Å². The van der Waals surface area contributed by atoms with Crippen molar-refractivity contribution in [3.05, 3.63) is 244 Å². The number of hydrogen-bond donors (Lipinski definition) is 0. The lowest BCUT2D eigenvalue weighted by Crippen LogP contribution is -2.60. The highest BCUT2D eigenvalue weighted by Gasteiger charge is 2.57. The maximum Gasteiger partial charge on any atom is 0.264 e. The van der Waals surface area contributed by atoms with E-state index in [9.17, 15) is 0 Å². The van der Waals surface area contributed by atoms with Crippen LogP contribution in [-0.4, -0.2) is 6.71 Å². The summed E-state index contributed by atoms with van der Waals surface area (Å²) in [6, 6.07) is 76.8. The van der Waals surface area contributed by atoms with Crippen molar-refractivity contribution in [3.63, 3.8) is 0 Å². The third-order valence-corrected chi connectivity index (χ3v) is 17.8. The molecule has 10 aromatic rings. The Hall–Kier alpha value is -7.66. The van der Waals surface area contributed by atoms with Crippen LogP contribution in [0.5, 0.6) is 0 Å². The second-order valence-corrected chi connectivity index (χ2v) is 24.1. The van der Waals surface area contributed by atoms with Crippen molar-refractivity contribution in [1.82, 2.24) is 0 Å². The van der Waals surface area contributed by atoms with E-state index in [1.165, 1.54) is 132 Å². The molecule has 0 amide bonds. The van der Waals surface area contributed by atoms with Crippen molar-refractivity contribution in [2.75, 3.05) is 9.80 Å². The van der Waals surface area contributed by atoms with Gasteiger partial charge in [-0.05, 0) is 150 Å². The molecule has 2 nitrogen and oxygen atoms in total. The molecule has 4 heteroatoms. The van der Waals surface area contributed by atoms with E-state index in [1.54, 1.807) is 0 Å². The van der Waals surface area contributed by atoms with Gasteiger partial charge in [-0.2, -0.15) is 0 Å². The van der Waals surface area contributed by atoms with Gasteiger partial charge in [0.25, 0.3) is 6.71 Å². The largest absolute Gasteiger partial charge is 0.311 e. The molecule has 0 saturated carbocycles. The Morgan fingerprint density at radius 1 is 0.425 bits per heavy atom. The Balaban J connectivity index is 1.10. The fraction of sp³-hybridized carbons (Fsp3) is 0.159. The summed E-state index contributed by atoms with van der Waals surface area (Å²) in [5.41, 5.74) is 29.2. The molecule has 0 radical (unpaired) electrons. The van der Waals surface area contributed by atoms with Crippen molar-refractivity contribution in [2.45, 2.75) is 71.6 Å². The topological polar surface area (TPSA) is 6.48 Å². The molecule has 3 heterocycles. The number of hydrogen-bond acceptors (Lipinski definition) is 3. The summed E-state index contributed by atoms with van der Waals surface area (Å²) in [6.45, 7) is 18.4. The molecule has 352 valence electrons. The van der Waals surface area contributed by atoms with Gasteiger partial charge in [-0.15, -0.1) is 11.3 Å². The molecule has 14 rings (SSSR count). The number of fused-ring (bicyclic) bond motifs is 15. The average Bonchev–Trinajstić information content (AvgIpc) is 4.03. The first-order valence-corrected chi connectivity index (χ1v) is 26.8. The summed E-state index contributed by atoms with van der Waals surface area (Å²) in [4.78, 5) is 6.69. The maximum atomic E-state index is 2.67. The molecule has 2 aliphatic carbocycles. The molecule has 1 spiro atoms. The molecular formula is C69H57BN2S. The van der Waals surface area contributed by atoms with Crippen LogP contribution in [-0.2, 0) is 16.2 Å². The quantitative estimate of drug-likeness (QED) is 0.162. The van der Waals surface area contributed by atoms with Crippen molar-refractivity contribution in [1.29, 1.82) is 0 Å². The summed E-state index contributed by atoms with van der Waals surface area (Å²) in [5, 5.41) is 0. The molecule has 2 aliphatic heterocycles. The first kappa shape index (κ1) is 44.1. The Morgan fingerprint density at radius 2 is 0.959 bits per heavy atom. The Morgan fingerprint density at radius 3 is 1.56 bits per heavy atom. The van der Waals surface area contributed by atoms with E-state index in [1.807, 2.05) is 0 Å². The number of aryl methyl sites for hydroxylation is 2. The summed E-state index contributed by atoms with van der Waals surface area (Å²) >= 11 is 2.06. The standard InChI is InChI=1S/C69H57BN2S/c1-42-26-36-54-57(38-42)69(55-24-16-14-22-52(55)53-23-15-17-25-56(53)69)65-62(54)64-66(73-65)70-58-37-27-45(51-21-13-12-20-50(51)44-18-10-9-11-19-44)41-59(58)71(48-32-28-46(29-33-48)67(3,4)5)60-39-43(2)40-61(63(60)70)72(64)49-34-30-47(31-35-49)68(6,7)8/h9-41H,1-8H3. The van der Waals surface area contributed by atoms with E-state index in [0.717, 1.165) is 5.69 Å². The molecule has 4 aliphatic rings. The highest BCUT2D eigenvalue weighted by molar-refractivity contribution is 7.30. The van der Waals surface area contributed by atoms with E-state index in [0.29, 0.717) is 0 Å². The monoisotopic (exact) mass is 956 g/mol. The van der Waals surface area contributed by atoms with Crippen LogP contribution in [0, 0.1) is 13.8 Å². The molecule has 0 saturated heterocycles. The minimum Gasteiger partial charge on any atom is -0.311 e. The van der Waals surface area contributed by atoms with Gasteiger partial charge in [0, 0.05) is 43.7 Å². The first-order valence-electron chi connectivity index (χ1n) is 26.0. The van der Waals surface area contributed by atoms with Crippen LogP contribution in [0.2, 0.25) is 0 Å². The van der Waals surface area contributed by atoms with Gasteiger partial charge in [0.1, 0.15) is 0 Å². The van der Waals surface area contributed by atoms with E-state index < -0.39 is 5.41 Å². The predicted molar refractivity (Wildman–Crippen MR) is 312 cm³/mol. The second-order valence-electron chi connectivity index (χ2n) is 23.0. The van der Waals surface area contributed by atoms with Gasteiger partial charge < -0.3 is 9.80 Å². The summed E-state index contributed by atoms with van der Waals surface area (Å²) in [7, 11) is 0. The number of nitrogens with zero attached hydrogens (tertiary/aromatic N) is 2. The van der Waals surface area contributed by atoms with E-state index in [4.69, 9.17) is 0 Å². The molecule has 73 heavy (non-hydrogen) atoms. The molecule has 0 atom stereocenters. The highest BCUT2D eigenvalue weighted by Crippen LogP contribution is 2.67. The summed E-state index contributed by atoms with van der Waals surface area (Å²) in [5.74, 6) is 0. The van der Waals surface area contributed by atoms with E-state index in [2.05, 4.69) is 277 Å². The van der Waals surface area contributed by atoms with Crippen LogP contribution >= 0.6 is 11.3 Å². The molecule has 1 aromatic heterocycles. The van der Waals surface area contributed by atoms with Crippen LogP contribution in [0.4, 0.5) is 34.1 Å². The van der Waals surface area contributed by atoms with Gasteiger partial charge in [-0.1, -0.05) is 205 Å². The zero-order chi connectivity index (χ0) is 49.7.